The minimum absolute atomic E-state index is 0.0370. The Morgan fingerprint density at radius 1 is 1.32 bits per heavy atom. The van der Waals surface area contributed by atoms with Crippen molar-refractivity contribution in [3.63, 3.8) is 0 Å². The lowest BCUT2D eigenvalue weighted by Crippen LogP contribution is -2.34. The third kappa shape index (κ3) is 3.93. The van der Waals surface area contributed by atoms with Gasteiger partial charge in [0.15, 0.2) is 0 Å². The van der Waals surface area contributed by atoms with Gasteiger partial charge in [-0.15, -0.1) is 0 Å². The molecule has 0 radical (unpaired) electrons. The van der Waals surface area contributed by atoms with Crippen LogP contribution in [0.3, 0.4) is 0 Å². The maximum absolute atomic E-state index is 11.9. The number of benzene rings is 1. The molecule has 1 aromatic carbocycles. The highest BCUT2D eigenvalue weighted by Crippen LogP contribution is 2.25. The van der Waals surface area contributed by atoms with Crippen LogP contribution in [0.4, 0.5) is 0 Å². The van der Waals surface area contributed by atoms with E-state index in [1.165, 1.54) is 0 Å². The Morgan fingerprint density at radius 2 is 2.00 bits per heavy atom. The number of hydrogen-bond donors (Lipinski definition) is 3. The van der Waals surface area contributed by atoms with Crippen molar-refractivity contribution in [2.45, 2.75) is 31.4 Å². The first-order valence-corrected chi connectivity index (χ1v) is 6.79. The number of halogens is 1. The van der Waals surface area contributed by atoms with Gasteiger partial charge in [0.25, 0.3) is 0 Å². The molecule has 5 heteroatoms. The van der Waals surface area contributed by atoms with Crippen LogP contribution in [0.2, 0.25) is 5.02 Å². The first-order valence-electron chi connectivity index (χ1n) is 6.41. The summed E-state index contributed by atoms with van der Waals surface area (Å²) in [6.45, 7) is -0.0370. The lowest BCUT2D eigenvalue weighted by Gasteiger charge is -2.12. The van der Waals surface area contributed by atoms with Crippen LogP contribution in [-0.2, 0) is 11.2 Å². The summed E-state index contributed by atoms with van der Waals surface area (Å²) in [5.41, 5.74) is 0.902. The van der Waals surface area contributed by atoms with Gasteiger partial charge in [0.1, 0.15) is 0 Å². The van der Waals surface area contributed by atoms with Crippen LogP contribution < -0.4 is 5.32 Å². The number of hydrogen-bond acceptors (Lipinski definition) is 3. The normalized spacial score (nSPS) is 26.4. The van der Waals surface area contributed by atoms with Gasteiger partial charge in [-0.05, 0) is 30.5 Å². The molecule has 1 fully saturated rings. The van der Waals surface area contributed by atoms with Crippen molar-refractivity contribution in [2.75, 3.05) is 6.61 Å². The molecule has 2 rings (SSSR count). The molecule has 1 amide bonds. The van der Waals surface area contributed by atoms with E-state index in [0.717, 1.165) is 5.56 Å². The standard InChI is InChI=1S/C14H18ClNO3/c15-11-3-1-9(2-4-11)5-14(19)16-12-6-10(8-17)13(18)7-12/h1-4,10,12-13,17-18H,5-8H2,(H,16,19)/t10-,12+,13-/m1/s1. The van der Waals surface area contributed by atoms with Gasteiger partial charge in [-0.2, -0.15) is 0 Å². The van der Waals surface area contributed by atoms with Crippen molar-refractivity contribution < 1.29 is 15.0 Å². The summed E-state index contributed by atoms with van der Waals surface area (Å²) < 4.78 is 0. The second-order valence-electron chi connectivity index (χ2n) is 5.05. The van der Waals surface area contributed by atoms with Crippen LogP contribution in [0.15, 0.2) is 24.3 Å². The highest BCUT2D eigenvalue weighted by Gasteiger charge is 2.33. The van der Waals surface area contributed by atoms with Gasteiger partial charge in [-0.25, -0.2) is 0 Å². The van der Waals surface area contributed by atoms with E-state index in [4.69, 9.17) is 16.7 Å². The molecule has 0 unspecified atom stereocenters. The Morgan fingerprint density at radius 3 is 2.58 bits per heavy atom. The largest absolute Gasteiger partial charge is 0.396 e. The number of nitrogens with one attached hydrogen (secondary N) is 1. The molecule has 1 aliphatic rings. The van der Waals surface area contributed by atoms with Crippen molar-refractivity contribution in [3.8, 4) is 0 Å². The Bertz CT molecular complexity index is 435. The maximum atomic E-state index is 11.9. The number of carbonyl (C=O) groups excluding carboxylic acids is 1. The zero-order valence-corrected chi connectivity index (χ0v) is 11.3. The minimum Gasteiger partial charge on any atom is -0.396 e. The van der Waals surface area contributed by atoms with Gasteiger partial charge in [-0.3, -0.25) is 4.79 Å². The molecule has 1 aromatic rings. The predicted molar refractivity (Wildman–Crippen MR) is 72.9 cm³/mol. The zero-order valence-electron chi connectivity index (χ0n) is 10.6. The summed E-state index contributed by atoms with van der Waals surface area (Å²) in [6.07, 6.45) is 0.917. The fraction of sp³-hybridized carbons (Fsp3) is 0.500. The van der Waals surface area contributed by atoms with E-state index in [-0.39, 0.29) is 24.5 Å². The van der Waals surface area contributed by atoms with Crippen LogP contribution in [0.1, 0.15) is 18.4 Å². The van der Waals surface area contributed by atoms with E-state index in [2.05, 4.69) is 5.32 Å². The summed E-state index contributed by atoms with van der Waals surface area (Å²) in [5.74, 6) is -0.195. The molecule has 19 heavy (non-hydrogen) atoms. The number of rotatable bonds is 4. The number of carbonyl (C=O) groups is 1. The molecule has 104 valence electrons. The molecule has 1 aliphatic carbocycles. The molecule has 0 aliphatic heterocycles. The summed E-state index contributed by atoms with van der Waals surface area (Å²) in [6, 6.07) is 7.10. The summed E-state index contributed by atoms with van der Waals surface area (Å²) in [4.78, 5) is 11.9. The molecule has 1 saturated carbocycles. The first kappa shape index (κ1) is 14.3. The fourth-order valence-corrected chi connectivity index (χ4v) is 2.61. The topological polar surface area (TPSA) is 69.6 Å². The third-order valence-electron chi connectivity index (χ3n) is 3.53. The monoisotopic (exact) mass is 283 g/mol. The van der Waals surface area contributed by atoms with Crippen molar-refractivity contribution in [1.82, 2.24) is 5.32 Å². The van der Waals surface area contributed by atoms with Crippen molar-refractivity contribution in [3.05, 3.63) is 34.9 Å². The van der Waals surface area contributed by atoms with Crippen LogP contribution in [-0.4, -0.2) is 34.9 Å². The van der Waals surface area contributed by atoms with Crippen molar-refractivity contribution in [2.24, 2.45) is 5.92 Å². The zero-order chi connectivity index (χ0) is 13.8. The van der Waals surface area contributed by atoms with Gasteiger partial charge in [0, 0.05) is 23.6 Å². The summed E-state index contributed by atoms with van der Waals surface area (Å²) >= 11 is 5.78. The van der Waals surface area contributed by atoms with Crippen LogP contribution in [0, 0.1) is 5.92 Å². The Kier molecular flexibility index (Phi) is 4.80. The van der Waals surface area contributed by atoms with Crippen LogP contribution in [0.5, 0.6) is 0 Å². The van der Waals surface area contributed by atoms with Gasteiger partial charge in [0.05, 0.1) is 12.5 Å². The molecule has 0 heterocycles. The maximum Gasteiger partial charge on any atom is 0.224 e. The Labute approximate surface area is 117 Å². The van der Waals surface area contributed by atoms with E-state index in [9.17, 15) is 9.90 Å². The van der Waals surface area contributed by atoms with Gasteiger partial charge >= 0.3 is 0 Å². The van der Waals surface area contributed by atoms with Crippen molar-refractivity contribution in [1.29, 1.82) is 0 Å². The fourth-order valence-electron chi connectivity index (χ4n) is 2.48. The minimum atomic E-state index is -0.522. The molecule has 3 N–H and O–H groups in total. The van der Waals surface area contributed by atoms with E-state index < -0.39 is 6.10 Å². The molecule has 0 spiro atoms. The van der Waals surface area contributed by atoms with Gasteiger partial charge in [-0.1, -0.05) is 23.7 Å². The highest BCUT2D eigenvalue weighted by atomic mass is 35.5. The van der Waals surface area contributed by atoms with Gasteiger partial charge < -0.3 is 15.5 Å². The number of amides is 1. The molecule has 0 saturated heterocycles. The van der Waals surface area contributed by atoms with Crippen LogP contribution >= 0.6 is 11.6 Å². The number of aliphatic hydroxyl groups is 2. The van der Waals surface area contributed by atoms with Gasteiger partial charge in [0.2, 0.25) is 5.91 Å². The molecule has 4 nitrogen and oxygen atoms in total. The Balaban J connectivity index is 1.83. The summed E-state index contributed by atoms with van der Waals surface area (Å²) in [5, 5.41) is 22.3. The van der Waals surface area contributed by atoms with Crippen molar-refractivity contribution >= 4 is 17.5 Å². The second-order valence-corrected chi connectivity index (χ2v) is 5.49. The molecule has 0 bridgehead atoms. The highest BCUT2D eigenvalue weighted by molar-refractivity contribution is 6.30. The molecule has 0 aromatic heterocycles. The third-order valence-corrected chi connectivity index (χ3v) is 3.79. The average Bonchev–Trinajstić information content (AvgIpc) is 2.72. The van der Waals surface area contributed by atoms with E-state index in [1.807, 2.05) is 12.1 Å². The lowest BCUT2D eigenvalue weighted by atomic mass is 10.1. The summed E-state index contributed by atoms with van der Waals surface area (Å²) in [7, 11) is 0. The van der Waals surface area contributed by atoms with E-state index >= 15 is 0 Å². The van der Waals surface area contributed by atoms with E-state index in [0.29, 0.717) is 24.3 Å². The number of aliphatic hydroxyl groups excluding tert-OH is 2. The van der Waals surface area contributed by atoms with E-state index in [1.54, 1.807) is 12.1 Å². The smallest absolute Gasteiger partial charge is 0.224 e. The predicted octanol–water partition coefficient (Wildman–Crippen LogP) is 1.13. The van der Waals surface area contributed by atoms with Crippen LogP contribution in [0.25, 0.3) is 0 Å². The first-order chi connectivity index (χ1) is 9.08. The quantitative estimate of drug-likeness (QED) is 0.776. The SMILES string of the molecule is O=C(Cc1ccc(Cl)cc1)N[C@H]1C[C@H](CO)[C@H](O)C1. The molecule has 3 atom stereocenters. The average molecular weight is 284 g/mol. The molecular formula is C14H18ClNO3. The lowest BCUT2D eigenvalue weighted by molar-refractivity contribution is -0.121. The second kappa shape index (κ2) is 6.37. The Hall–Kier alpha value is -1.10. The molecular weight excluding hydrogens is 266 g/mol.